The molecule has 5 nitrogen and oxygen atoms in total. The van der Waals surface area contributed by atoms with Gasteiger partial charge in [-0.25, -0.2) is 0 Å². The monoisotopic (exact) mass is 304 g/mol. The Labute approximate surface area is 123 Å². The van der Waals surface area contributed by atoms with E-state index in [9.17, 15) is 14.7 Å². The summed E-state index contributed by atoms with van der Waals surface area (Å²) in [6.45, 7) is 0. The summed E-state index contributed by atoms with van der Waals surface area (Å²) in [4.78, 5) is 22.0. The molecule has 114 valence electrons. The topological polar surface area (TPSA) is 72.8 Å². The number of hydrogen-bond donors (Lipinski definition) is 1. The van der Waals surface area contributed by atoms with Crippen LogP contribution in [-0.4, -0.2) is 48.2 Å². The first kappa shape index (κ1) is 15.7. The number of fused-ring (bicyclic) bond motifs is 1. The van der Waals surface area contributed by atoms with Crippen molar-refractivity contribution in [3.8, 4) is 0 Å². The molecule has 2 aliphatic rings. The van der Waals surface area contributed by atoms with Crippen LogP contribution in [0.15, 0.2) is 0 Å². The van der Waals surface area contributed by atoms with Crippen molar-refractivity contribution in [1.29, 1.82) is 0 Å². The number of esters is 1. The Morgan fingerprint density at radius 1 is 1.50 bits per heavy atom. The van der Waals surface area contributed by atoms with E-state index in [-0.39, 0.29) is 41.8 Å². The van der Waals surface area contributed by atoms with Crippen LogP contribution in [0.3, 0.4) is 0 Å². The van der Waals surface area contributed by atoms with E-state index < -0.39 is 6.10 Å². The van der Waals surface area contributed by atoms with Crippen molar-refractivity contribution in [3.05, 3.63) is 0 Å². The van der Waals surface area contributed by atoms with Crippen molar-refractivity contribution in [3.63, 3.8) is 0 Å². The fourth-order valence-electron chi connectivity index (χ4n) is 3.18. The third-order valence-corrected chi connectivity index (χ3v) is 4.88. The number of aliphatic hydroxyl groups excluding tert-OH is 1. The molecule has 20 heavy (non-hydrogen) atoms. The summed E-state index contributed by atoms with van der Waals surface area (Å²) in [5.41, 5.74) is 0. The summed E-state index contributed by atoms with van der Waals surface area (Å²) in [5.74, 6) is -0.289. The van der Waals surface area contributed by atoms with Gasteiger partial charge >= 0.3 is 5.97 Å². The highest BCUT2D eigenvalue weighted by Gasteiger charge is 2.44. The number of aldehydes is 1. The summed E-state index contributed by atoms with van der Waals surface area (Å²) >= 11 is 6.29. The van der Waals surface area contributed by atoms with E-state index in [0.29, 0.717) is 19.3 Å². The summed E-state index contributed by atoms with van der Waals surface area (Å²) < 4.78 is 10.5. The van der Waals surface area contributed by atoms with E-state index >= 15 is 0 Å². The Bertz CT molecular complexity index is 361. The van der Waals surface area contributed by atoms with Crippen LogP contribution in [0.5, 0.6) is 0 Å². The zero-order valence-corrected chi connectivity index (χ0v) is 12.3. The Balaban J connectivity index is 1.85. The molecule has 2 rings (SSSR count). The van der Waals surface area contributed by atoms with Gasteiger partial charge in [0.25, 0.3) is 0 Å². The van der Waals surface area contributed by atoms with Crippen molar-refractivity contribution in [2.24, 2.45) is 11.8 Å². The minimum atomic E-state index is -0.614. The largest absolute Gasteiger partial charge is 0.469 e. The number of methoxy groups -OCH3 is 1. The molecule has 6 atom stereocenters. The third-order valence-electron chi connectivity index (χ3n) is 4.38. The lowest BCUT2D eigenvalue weighted by Gasteiger charge is -2.31. The molecule has 0 bridgehead atoms. The molecule has 1 N–H and O–H groups in total. The second kappa shape index (κ2) is 6.87. The molecule has 6 unspecified atom stereocenters. The summed E-state index contributed by atoms with van der Waals surface area (Å²) in [5, 5.41) is 9.60. The van der Waals surface area contributed by atoms with Gasteiger partial charge in [0.1, 0.15) is 6.29 Å². The normalized spacial score (nSPS) is 38.0. The maximum atomic E-state index is 11.1. The highest BCUT2D eigenvalue weighted by Crippen LogP contribution is 2.41. The minimum absolute atomic E-state index is 0.0226. The highest BCUT2D eigenvalue weighted by atomic mass is 35.5. The molecule has 1 saturated carbocycles. The number of alkyl halides is 1. The van der Waals surface area contributed by atoms with Gasteiger partial charge in [0.05, 0.1) is 30.8 Å². The van der Waals surface area contributed by atoms with Gasteiger partial charge < -0.3 is 19.4 Å². The standard InChI is InChI=1S/C14H21ClO5/c1-19-14(18)3-2-10(15)13-5-8-4-9(7-16)11(17)6-12(8)20-13/h7-13,17H,2-6H2,1H3. The lowest BCUT2D eigenvalue weighted by atomic mass is 9.77. The van der Waals surface area contributed by atoms with Gasteiger partial charge in [-0.05, 0) is 25.2 Å². The van der Waals surface area contributed by atoms with Crippen LogP contribution in [0.4, 0.5) is 0 Å². The number of halogens is 1. The van der Waals surface area contributed by atoms with Gasteiger partial charge in [-0.2, -0.15) is 0 Å². The fraction of sp³-hybridized carbons (Fsp3) is 0.857. The molecule has 0 spiro atoms. The molecule has 0 amide bonds. The third kappa shape index (κ3) is 3.51. The molecule has 0 aromatic rings. The van der Waals surface area contributed by atoms with E-state index in [4.69, 9.17) is 16.3 Å². The minimum Gasteiger partial charge on any atom is -0.469 e. The zero-order valence-electron chi connectivity index (χ0n) is 11.5. The highest BCUT2D eigenvalue weighted by molar-refractivity contribution is 6.21. The zero-order chi connectivity index (χ0) is 14.7. The molecule has 0 aromatic heterocycles. The maximum absolute atomic E-state index is 11.1. The molecule has 1 aliphatic heterocycles. The van der Waals surface area contributed by atoms with Crippen LogP contribution < -0.4 is 0 Å². The predicted molar refractivity (Wildman–Crippen MR) is 72.5 cm³/mol. The lowest BCUT2D eigenvalue weighted by Crippen LogP contribution is -2.37. The summed E-state index contributed by atoms with van der Waals surface area (Å²) in [7, 11) is 1.35. The molecule has 6 heteroatoms. The van der Waals surface area contributed by atoms with Crippen molar-refractivity contribution < 1.29 is 24.2 Å². The van der Waals surface area contributed by atoms with E-state index in [2.05, 4.69) is 4.74 Å². The van der Waals surface area contributed by atoms with Gasteiger partial charge in [-0.15, -0.1) is 11.6 Å². The van der Waals surface area contributed by atoms with Crippen molar-refractivity contribution in [1.82, 2.24) is 0 Å². The Morgan fingerprint density at radius 3 is 2.90 bits per heavy atom. The second-order valence-corrected chi connectivity index (χ2v) is 6.24. The van der Waals surface area contributed by atoms with E-state index in [1.807, 2.05) is 0 Å². The maximum Gasteiger partial charge on any atom is 0.305 e. The molecular weight excluding hydrogens is 284 g/mol. The number of carbonyl (C=O) groups is 2. The van der Waals surface area contributed by atoms with Crippen LogP contribution >= 0.6 is 11.6 Å². The van der Waals surface area contributed by atoms with E-state index in [1.54, 1.807) is 0 Å². The molecule has 0 radical (unpaired) electrons. The molecule has 1 aliphatic carbocycles. The van der Waals surface area contributed by atoms with E-state index in [0.717, 1.165) is 12.7 Å². The van der Waals surface area contributed by atoms with E-state index in [1.165, 1.54) is 7.11 Å². The molecule has 1 heterocycles. The first-order valence-corrected chi connectivity index (χ1v) is 7.48. The van der Waals surface area contributed by atoms with Gasteiger partial charge in [0.2, 0.25) is 0 Å². The molecule has 1 saturated heterocycles. The average Bonchev–Trinajstić information content (AvgIpc) is 2.85. The van der Waals surface area contributed by atoms with Gasteiger partial charge in [0.15, 0.2) is 0 Å². The number of ether oxygens (including phenoxy) is 2. The Morgan fingerprint density at radius 2 is 2.25 bits per heavy atom. The van der Waals surface area contributed by atoms with Crippen LogP contribution in [-0.2, 0) is 19.1 Å². The van der Waals surface area contributed by atoms with Crippen LogP contribution in [0.1, 0.15) is 32.1 Å². The molecule has 2 fully saturated rings. The van der Waals surface area contributed by atoms with Crippen molar-refractivity contribution >= 4 is 23.9 Å². The fourth-order valence-corrected chi connectivity index (χ4v) is 3.45. The van der Waals surface area contributed by atoms with Crippen molar-refractivity contribution in [2.45, 2.75) is 55.8 Å². The predicted octanol–water partition coefficient (Wildman–Crippen LogP) is 1.29. The second-order valence-electron chi connectivity index (χ2n) is 5.68. The first-order chi connectivity index (χ1) is 9.55. The quantitative estimate of drug-likeness (QED) is 0.471. The number of hydrogen-bond acceptors (Lipinski definition) is 5. The Hall–Kier alpha value is -0.650. The number of carbonyl (C=O) groups excluding carboxylic acids is 2. The van der Waals surface area contributed by atoms with Gasteiger partial charge in [0, 0.05) is 18.8 Å². The van der Waals surface area contributed by atoms with Crippen molar-refractivity contribution in [2.75, 3.05) is 7.11 Å². The molecular formula is C14H21ClO5. The van der Waals surface area contributed by atoms with Crippen LogP contribution in [0.2, 0.25) is 0 Å². The first-order valence-electron chi connectivity index (χ1n) is 7.04. The Kier molecular flexibility index (Phi) is 5.41. The summed E-state index contributed by atoms with van der Waals surface area (Å²) in [6, 6.07) is 0. The molecule has 0 aromatic carbocycles. The number of aliphatic hydroxyl groups is 1. The van der Waals surface area contributed by atoms with Gasteiger partial charge in [-0.1, -0.05) is 0 Å². The number of rotatable bonds is 5. The smallest absolute Gasteiger partial charge is 0.305 e. The lowest BCUT2D eigenvalue weighted by molar-refractivity contribution is -0.140. The van der Waals surface area contributed by atoms with Crippen LogP contribution in [0, 0.1) is 11.8 Å². The SMILES string of the molecule is COC(=O)CCC(Cl)C1CC2CC(C=O)C(O)CC2O1. The summed E-state index contributed by atoms with van der Waals surface area (Å²) in [6.07, 6.45) is 2.81. The van der Waals surface area contributed by atoms with Gasteiger partial charge in [-0.3, -0.25) is 4.79 Å². The average molecular weight is 305 g/mol. The van der Waals surface area contributed by atoms with Crippen LogP contribution in [0.25, 0.3) is 0 Å².